The standard InChI is InChI=1S/C20H32N4O/c1-3-10-17-21-19-23(18(25)4-2)16-12-7-6-11-15(16)20(24(19)22-17)13-8-5-9-14-20/h15-16H,3-14H2,1-2H3. The van der Waals surface area contributed by atoms with Crippen LogP contribution in [0, 0.1) is 5.92 Å². The SMILES string of the molecule is CCCc1nc2n(n1)C1(CCCCC1)C1CCCCC1N2C(=O)CC. The highest BCUT2D eigenvalue weighted by atomic mass is 16.2. The fraction of sp³-hybridized carbons (Fsp3) is 0.850. The lowest BCUT2D eigenvalue weighted by atomic mass is 9.64. The molecule has 5 heteroatoms. The van der Waals surface area contributed by atoms with Gasteiger partial charge in [0.2, 0.25) is 11.9 Å². The molecule has 0 saturated heterocycles. The zero-order chi connectivity index (χ0) is 17.4. The van der Waals surface area contributed by atoms with Crippen LogP contribution in [-0.2, 0) is 16.8 Å². The van der Waals surface area contributed by atoms with Gasteiger partial charge in [-0.1, -0.05) is 46.0 Å². The van der Waals surface area contributed by atoms with Gasteiger partial charge in [0.1, 0.15) is 0 Å². The van der Waals surface area contributed by atoms with E-state index in [9.17, 15) is 4.79 Å². The van der Waals surface area contributed by atoms with E-state index in [-0.39, 0.29) is 11.4 Å². The predicted octanol–water partition coefficient (Wildman–Crippen LogP) is 4.21. The number of rotatable bonds is 3. The smallest absolute Gasteiger partial charge is 0.231 e. The molecule has 0 radical (unpaired) electrons. The summed E-state index contributed by atoms with van der Waals surface area (Å²) in [4.78, 5) is 19.8. The lowest BCUT2D eigenvalue weighted by Crippen LogP contribution is -2.61. The molecule has 2 saturated carbocycles. The number of carbonyl (C=O) groups is 1. The third-order valence-corrected chi connectivity index (χ3v) is 6.79. The molecule has 0 aromatic carbocycles. The van der Waals surface area contributed by atoms with Gasteiger partial charge in [0.05, 0.1) is 5.54 Å². The quantitative estimate of drug-likeness (QED) is 0.825. The maximum Gasteiger partial charge on any atom is 0.231 e. The van der Waals surface area contributed by atoms with Crippen LogP contribution in [0.25, 0.3) is 0 Å². The molecule has 1 spiro atoms. The van der Waals surface area contributed by atoms with E-state index in [1.165, 1.54) is 51.4 Å². The highest BCUT2D eigenvalue weighted by molar-refractivity contribution is 5.92. The zero-order valence-electron chi connectivity index (χ0n) is 15.8. The molecule has 3 aliphatic rings. The Kier molecular flexibility index (Phi) is 4.59. The molecule has 5 nitrogen and oxygen atoms in total. The molecule has 25 heavy (non-hydrogen) atoms. The van der Waals surface area contributed by atoms with Crippen LogP contribution in [0.15, 0.2) is 0 Å². The van der Waals surface area contributed by atoms with Crippen LogP contribution >= 0.6 is 0 Å². The van der Waals surface area contributed by atoms with E-state index in [1.807, 2.05) is 6.92 Å². The molecule has 0 bridgehead atoms. The topological polar surface area (TPSA) is 51.0 Å². The van der Waals surface area contributed by atoms with Crippen molar-refractivity contribution < 1.29 is 4.79 Å². The summed E-state index contributed by atoms with van der Waals surface area (Å²) in [6.45, 7) is 4.14. The van der Waals surface area contributed by atoms with E-state index < -0.39 is 0 Å². The summed E-state index contributed by atoms with van der Waals surface area (Å²) in [5.74, 6) is 2.57. The number of aromatic nitrogens is 3. The predicted molar refractivity (Wildman–Crippen MR) is 98.6 cm³/mol. The first-order chi connectivity index (χ1) is 12.2. The van der Waals surface area contributed by atoms with E-state index in [0.29, 0.717) is 18.4 Å². The van der Waals surface area contributed by atoms with Crippen LogP contribution in [-0.4, -0.2) is 26.7 Å². The fourth-order valence-electron chi connectivity index (χ4n) is 5.70. The molecule has 2 unspecified atom stereocenters. The minimum absolute atomic E-state index is 0.113. The van der Waals surface area contributed by atoms with Crippen LogP contribution in [0.3, 0.4) is 0 Å². The second-order valence-corrected chi connectivity index (χ2v) is 8.23. The van der Waals surface area contributed by atoms with Gasteiger partial charge >= 0.3 is 0 Å². The minimum Gasteiger partial charge on any atom is -0.277 e. The number of nitrogens with zero attached hydrogens (tertiary/aromatic N) is 4. The minimum atomic E-state index is 0.113. The van der Waals surface area contributed by atoms with E-state index in [1.54, 1.807) is 0 Å². The van der Waals surface area contributed by atoms with Crippen LogP contribution in [0.2, 0.25) is 0 Å². The number of hydrogen-bond acceptors (Lipinski definition) is 3. The molecule has 2 fully saturated rings. The summed E-state index contributed by atoms with van der Waals surface area (Å²) in [5, 5.41) is 4.99. The molecular weight excluding hydrogens is 312 g/mol. The number of aryl methyl sites for hydroxylation is 1. The molecule has 0 N–H and O–H groups in total. The van der Waals surface area contributed by atoms with Crippen molar-refractivity contribution in [2.75, 3.05) is 4.90 Å². The Balaban J connectivity index is 1.86. The van der Waals surface area contributed by atoms with Gasteiger partial charge in [-0.25, -0.2) is 4.68 Å². The Bertz CT molecular complexity index is 632. The van der Waals surface area contributed by atoms with Crippen molar-refractivity contribution in [2.24, 2.45) is 5.92 Å². The van der Waals surface area contributed by atoms with Gasteiger partial charge in [-0.05, 0) is 32.1 Å². The summed E-state index contributed by atoms with van der Waals surface area (Å²) in [5.41, 5.74) is 0.113. The van der Waals surface area contributed by atoms with Crippen LogP contribution in [0.4, 0.5) is 5.95 Å². The van der Waals surface area contributed by atoms with Gasteiger partial charge in [-0.3, -0.25) is 9.69 Å². The Labute approximate surface area is 151 Å². The molecule has 4 rings (SSSR count). The first kappa shape index (κ1) is 17.0. The average molecular weight is 345 g/mol. The van der Waals surface area contributed by atoms with Crippen molar-refractivity contribution in [3.05, 3.63) is 5.82 Å². The normalized spacial score (nSPS) is 27.8. The summed E-state index contributed by atoms with van der Waals surface area (Å²) in [6, 6.07) is 0.338. The second-order valence-electron chi connectivity index (χ2n) is 8.23. The zero-order valence-corrected chi connectivity index (χ0v) is 15.8. The van der Waals surface area contributed by atoms with E-state index in [4.69, 9.17) is 10.1 Å². The molecule has 138 valence electrons. The maximum absolute atomic E-state index is 12.9. The van der Waals surface area contributed by atoms with E-state index in [2.05, 4.69) is 16.5 Å². The van der Waals surface area contributed by atoms with Crippen molar-refractivity contribution in [2.45, 2.75) is 102 Å². The van der Waals surface area contributed by atoms with Crippen LogP contribution < -0.4 is 4.90 Å². The Morgan fingerprint density at radius 2 is 1.88 bits per heavy atom. The fourth-order valence-corrected chi connectivity index (χ4v) is 5.70. The van der Waals surface area contributed by atoms with Crippen molar-refractivity contribution in [3.8, 4) is 0 Å². The first-order valence-electron chi connectivity index (χ1n) is 10.5. The summed E-state index contributed by atoms with van der Waals surface area (Å²) >= 11 is 0. The molecule has 2 heterocycles. The van der Waals surface area contributed by atoms with Gasteiger partial charge in [0.25, 0.3) is 0 Å². The third-order valence-electron chi connectivity index (χ3n) is 6.79. The van der Waals surface area contributed by atoms with Crippen LogP contribution in [0.5, 0.6) is 0 Å². The number of hydrogen-bond donors (Lipinski definition) is 0. The number of fused-ring (bicyclic) bond motifs is 4. The first-order valence-corrected chi connectivity index (χ1v) is 10.5. The Hall–Kier alpha value is -1.39. The van der Waals surface area contributed by atoms with E-state index >= 15 is 0 Å². The monoisotopic (exact) mass is 344 g/mol. The number of carbonyl (C=O) groups excluding carboxylic acids is 1. The summed E-state index contributed by atoms with van der Waals surface area (Å²) in [6.07, 6.45) is 13.7. The summed E-state index contributed by atoms with van der Waals surface area (Å²) in [7, 11) is 0. The van der Waals surface area contributed by atoms with Crippen molar-refractivity contribution >= 4 is 11.9 Å². The maximum atomic E-state index is 12.9. The van der Waals surface area contributed by atoms with Crippen molar-refractivity contribution in [1.29, 1.82) is 0 Å². The van der Waals surface area contributed by atoms with Gasteiger partial charge in [-0.15, -0.1) is 0 Å². The highest BCUT2D eigenvalue weighted by Crippen LogP contribution is 2.52. The van der Waals surface area contributed by atoms with Gasteiger partial charge in [0, 0.05) is 24.8 Å². The van der Waals surface area contributed by atoms with Gasteiger partial charge in [-0.2, -0.15) is 10.1 Å². The van der Waals surface area contributed by atoms with E-state index in [0.717, 1.165) is 31.0 Å². The highest BCUT2D eigenvalue weighted by Gasteiger charge is 2.54. The molecule has 1 aromatic rings. The molecule has 2 atom stereocenters. The van der Waals surface area contributed by atoms with Crippen molar-refractivity contribution in [3.63, 3.8) is 0 Å². The summed E-state index contributed by atoms with van der Waals surface area (Å²) < 4.78 is 2.23. The molecule has 1 aromatic heterocycles. The Morgan fingerprint density at radius 1 is 1.12 bits per heavy atom. The van der Waals surface area contributed by atoms with Crippen LogP contribution in [0.1, 0.15) is 90.3 Å². The molecular formula is C20H32N4O. The molecule has 1 amide bonds. The molecule has 2 aliphatic carbocycles. The molecule has 1 aliphatic heterocycles. The van der Waals surface area contributed by atoms with Gasteiger partial charge < -0.3 is 0 Å². The number of anilines is 1. The van der Waals surface area contributed by atoms with Crippen molar-refractivity contribution in [1.82, 2.24) is 14.8 Å². The Morgan fingerprint density at radius 3 is 2.60 bits per heavy atom. The average Bonchev–Trinajstić information content (AvgIpc) is 3.07. The third kappa shape index (κ3) is 2.61. The lowest BCUT2D eigenvalue weighted by molar-refractivity contribution is -0.120. The van der Waals surface area contributed by atoms with Gasteiger partial charge in [0.15, 0.2) is 5.82 Å². The second kappa shape index (κ2) is 6.73. The lowest BCUT2D eigenvalue weighted by Gasteiger charge is -2.55. The number of amides is 1. The largest absolute Gasteiger partial charge is 0.277 e.